The Bertz CT molecular complexity index is 571. The van der Waals surface area contributed by atoms with E-state index in [9.17, 15) is 0 Å². The van der Waals surface area contributed by atoms with Crippen molar-refractivity contribution in [2.45, 2.75) is 33.1 Å². The molecule has 0 amide bonds. The minimum atomic E-state index is 0.872. The van der Waals surface area contributed by atoms with Crippen molar-refractivity contribution in [1.82, 2.24) is 15.2 Å². The second-order valence-electron chi connectivity index (χ2n) is 4.76. The Morgan fingerprint density at radius 2 is 1.95 bits per heavy atom. The Kier molecular flexibility index (Phi) is 4.16. The Hall–Kier alpha value is -1.21. The largest absolute Gasteiger partial charge is 0.360 e. The molecule has 2 aromatic heterocycles. The molecule has 7 heteroatoms. The van der Waals surface area contributed by atoms with Crippen molar-refractivity contribution in [3.8, 4) is 9.88 Å². The van der Waals surface area contributed by atoms with Crippen molar-refractivity contribution in [1.29, 1.82) is 0 Å². The quantitative estimate of drug-likeness (QED) is 0.919. The number of rotatable bonds is 5. The number of nitrogens with zero attached hydrogens (tertiary/aromatic N) is 4. The van der Waals surface area contributed by atoms with Crippen LogP contribution in [-0.4, -0.2) is 34.8 Å². The Morgan fingerprint density at radius 1 is 1.15 bits per heavy atom. The fourth-order valence-corrected chi connectivity index (χ4v) is 4.44. The topological polar surface area (TPSA) is 53.9 Å². The van der Waals surface area contributed by atoms with Crippen LogP contribution in [0.25, 0.3) is 9.88 Å². The summed E-state index contributed by atoms with van der Waals surface area (Å²) in [5.41, 5.74) is 1.15. The van der Waals surface area contributed by atoms with Gasteiger partial charge in [0.2, 0.25) is 5.13 Å². The van der Waals surface area contributed by atoms with Crippen molar-refractivity contribution >= 4 is 32.9 Å². The van der Waals surface area contributed by atoms with Gasteiger partial charge in [-0.2, -0.15) is 0 Å². The molecule has 1 fully saturated rings. The first-order chi connectivity index (χ1) is 9.81. The Labute approximate surface area is 127 Å². The monoisotopic (exact) mass is 309 g/mol. The van der Waals surface area contributed by atoms with Crippen LogP contribution in [0.3, 0.4) is 0 Å². The van der Waals surface area contributed by atoms with Crippen LogP contribution in [0, 0.1) is 0 Å². The van der Waals surface area contributed by atoms with Crippen LogP contribution >= 0.6 is 22.7 Å². The zero-order chi connectivity index (χ0) is 13.9. The lowest BCUT2D eigenvalue weighted by Crippen LogP contribution is -2.17. The SMILES string of the molecule is CCNc1nnc(-c2sc(N3CCCC3)nc2CC)s1. The Balaban J connectivity index is 1.90. The molecule has 108 valence electrons. The van der Waals surface area contributed by atoms with Crippen LogP contribution < -0.4 is 10.2 Å². The van der Waals surface area contributed by atoms with Gasteiger partial charge in [-0.1, -0.05) is 29.6 Å². The number of hydrogen-bond acceptors (Lipinski definition) is 7. The maximum absolute atomic E-state index is 4.81. The normalized spacial score (nSPS) is 15.0. The zero-order valence-electron chi connectivity index (χ0n) is 11.8. The van der Waals surface area contributed by atoms with Gasteiger partial charge in [0, 0.05) is 19.6 Å². The maximum atomic E-state index is 4.81. The maximum Gasteiger partial charge on any atom is 0.206 e. The van der Waals surface area contributed by atoms with Gasteiger partial charge in [-0.25, -0.2) is 4.98 Å². The molecule has 20 heavy (non-hydrogen) atoms. The highest BCUT2D eigenvalue weighted by Gasteiger charge is 2.21. The minimum Gasteiger partial charge on any atom is -0.360 e. The fourth-order valence-electron chi connectivity index (χ4n) is 2.33. The van der Waals surface area contributed by atoms with E-state index >= 15 is 0 Å². The van der Waals surface area contributed by atoms with Crippen molar-refractivity contribution in [2.24, 2.45) is 0 Å². The number of thiazole rings is 1. The van der Waals surface area contributed by atoms with Crippen LogP contribution in [0.4, 0.5) is 10.3 Å². The summed E-state index contributed by atoms with van der Waals surface area (Å²) in [5.74, 6) is 0. The average Bonchev–Trinajstić information content (AvgIpc) is 3.18. The van der Waals surface area contributed by atoms with Gasteiger partial charge >= 0.3 is 0 Å². The van der Waals surface area contributed by atoms with E-state index in [-0.39, 0.29) is 0 Å². The summed E-state index contributed by atoms with van der Waals surface area (Å²) < 4.78 is 0. The van der Waals surface area contributed by atoms with E-state index in [1.807, 2.05) is 0 Å². The van der Waals surface area contributed by atoms with Gasteiger partial charge in [0.25, 0.3) is 0 Å². The summed E-state index contributed by atoms with van der Waals surface area (Å²) >= 11 is 3.38. The van der Waals surface area contributed by atoms with Gasteiger partial charge in [0.1, 0.15) is 0 Å². The molecule has 0 saturated carbocycles. The third-order valence-electron chi connectivity index (χ3n) is 3.34. The van der Waals surface area contributed by atoms with Crippen LogP contribution in [0.15, 0.2) is 0 Å². The number of aromatic nitrogens is 3. The molecule has 0 aromatic carbocycles. The molecule has 0 bridgehead atoms. The molecule has 0 spiro atoms. The average molecular weight is 309 g/mol. The van der Waals surface area contributed by atoms with Gasteiger partial charge in [-0.3, -0.25) is 0 Å². The van der Waals surface area contributed by atoms with Crippen molar-refractivity contribution in [3.63, 3.8) is 0 Å². The van der Waals surface area contributed by atoms with Crippen LogP contribution in [0.5, 0.6) is 0 Å². The highest BCUT2D eigenvalue weighted by molar-refractivity contribution is 7.25. The standard InChI is InChI=1S/C13H19N5S2/c1-3-9-10(11-16-17-12(20-11)14-4-2)19-13(15-9)18-7-5-6-8-18/h3-8H2,1-2H3,(H,14,17). The van der Waals surface area contributed by atoms with Gasteiger partial charge in [-0.15, -0.1) is 10.2 Å². The van der Waals surface area contributed by atoms with Gasteiger partial charge < -0.3 is 10.2 Å². The molecule has 1 saturated heterocycles. The van der Waals surface area contributed by atoms with Crippen molar-refractivity contribution in [3.05, 3.63) is 5.69 Å². The summed E-state index contributed by atoms with van der Waals surface area (Å²) in [7, 11) is 0. The minimum absolute atomic E-state index is 0.872. The highest BCUT2D eigenvalue weighted by atomic mass is 32.1. The van der Waals surface area contributed by atoms with Gasteiger partial charge in [0.05, 0.1) is 10.6 Å². The molecule has 5 nitrogen and oxygen atoms in total. The lowest BCUT2D eigenvalue weighted by molar-refractivity contribution is 0.941. The van der Waals surface area contributed by atoms with Crippen molar-refractivity contribution in [2.75, 3.05) is 29.9 Å². The fraction of sp³-hybridized carbons (Fsp3) is 0.615. The van der Waals surface area contributed by atoms with E-state index in [0.29, 0.717) is 0 Å². The lowest BCUT2D eigenvalue weighted by Gasteiger charge is -2.12. The third-order valence-corrected chi connectivity index (χ3v) is 5.54. The van der Waals surface area contributed by atoms with Crippen LogP contribution in [-0.2, 0) is 6.42 Å². The summed E-state index contributed by atoms with van der Waals surface area (Å²) in [6, 6.07) is 0. The predicted octanol–water partition coefficient (Wildman–Crippen LogP) is 3.26. The molecular weight excluding hydrogens is 290 g/mol. The molecule has 1 aliphatic rings. The van der Waals surface area contributed by atoms with Gasteiger partial charge in [-0.05, 0) is 26.2 Å². The third kappa shape index (κ3) is 2.64. The number of anilines is 2. The first-order valence-electron chi connectivity index (χ1n) is 7.14. The Morgan fingerprint density at radius 3 is 2.65 bits per heavy atom. The molecule has 1 N–H and O–H groups in total. The van der Waals surface area contributed by atoms with Gasteiger partial charge in [0.15, 0.2) is 10.1 Å². The highest BCUT2D eigenvalue weighted by Crippen LogP contribution is 2.38. The smallest absolute Gasteiger partial charge is 0.206 e. The first-order valence-corrected chi connectivity index (χ1v) is 8.77. The summed E-state index contributed by atoms with van der Waals surface area (Å²) in [5, 5.41) is 14.7. The summed E-state index contributed by atoms with van der Waals surface area (Å²) in [6.45, 7) is 7.36. The summed E-state index contributed by atoms with van der Waals surface area (Å²) in [4.78, 5) is 8.38. The van der Waals surface area contributed by atoms with E-state index in [4.69, 9.17) is 4.98 Å². The molecular formula is C13H19N5S2. The predicted molar refractivity (Wildman–Crippen MR) is 86.0 cm³/mol. The molecule has 0 radical (unpaired) electrons. The number of aryl methyl sites for hydroxylation is 1. The molecule has 2 aromatic rings. The molecule has 0 atom stereocenters. The first kappa shape index (κ1) is 13.8. The number of hydrogen-bond donors (Lipinski definition) is 1. The molecule has 3 heterocycles. The van der Waals surface area contributed by atoms with E-state index in [1.54, 1.807) is 22.7 Å². The van der Waals surface area contributed by atoms with Crippen LogP contribution in [0.2, 0.25) is 0 Å². The van der Waals surface area contributed by atoms with Crippen LogP contribution in [0.1, 0.15) is 32.4 Å². The van der Waals surface area contributed by atoms with Crippen molar-refractivity contribution < 1.29 is 0 Å². The molecule has 0 unspecified atom stereocenters. The van der Waals surface area contributed by atoms with E-state index in [2.05, 4.69) is 34.3 Å². The molecule has 3 rings (SSSR count). The zero-order valence-corrected chi connectivity index (χ0v) is 13.5. The number of nitrogens with one attached hydrogen (secondary N) is 1. The molecule has 0 aliphatic carbocycles. The molecule has 1 aliphatic heterocycles. The van der Waals surface area contributed by atoms with E-state index in [0.717, 1.165) is 47.0 Å². The second kappa shape index (κ2) is 6.05. The second-order valence-corrected chi connectivity index (χ2v) is 6.72. The lowest BCUT2D eigenvalue weighted by atomic mass is 10.3. The summed E-state index contributed by atoms with van der Waals surface area (Å²) in [6.07, 6.45) is 3.50. The van der Waals surface area contributed by atoms with E-state index < -0.39 is 0 Å². The van der Waals surface area contributed by atoms with E-state index in [1.165, 1.54) is 17.7 Å².